The average molecular weight is 286 g/mol. The summed E-state index contributed by atoms with van der Waals surface area (Å²) in [5.41, 5.74) is -0.792. The topological polar surface area (TPSA) is 136 Å². The molecular formula is C12H26N6O2. The smallest absolute Gasteiger partial charge is 0.133 e. The maximum Gasteiger partial charge on any atom is 0.133 e. The molecule has 0 unspecified atom stereocenters. The summed E-state index contributed by atoms with van der Waals surface area (Å²) in [6.07, 6.45) is 0. The first-order valence-corrected chi connectivity index (χ1v) is 6.43. The molecule has 2 rings (SSSR count). The highest BCUT2D eigenvalue weighted by Gasteiger charge is 2.31. The number of aliphatic imine (C=N–C) groups is 2. The van der Waals surface area contributed by atoms with E-state index >= 15 is 0 Å². The summed E-state index contributed by atoms with van der Waals surface area (Å²) >= 11 is 0. The molecule has 0 spiro atoms. The van der Waals surface area contributed by atoms with Crippen molar-refractivity contribution in [1.29, 1.82) is 0 Å². The van der Waals surface area contributed by atoms with Gasteiger partial charge in [-0.05, 0) is 27.7 Å². The van der Waals surface area contributed by atoms with E-state index in [1.165, 1.54) is 0 Å². The lowest BCUT2D eigenvalue weighted by atomic mass is 10.0. The fourth-order valence-corrected chi connectivity index (χ4v) is 1.96. The van der Waals surface area contributed by atoms with Crippen molar-refractivity contribution in [1.82, 2.24) is 10.6 Å². The Morgan fingerprint density at radius 3 is 1.40 bits per heavy atom. The number of nitrogens with one attached hydrogen (secondary N) is 2. The summed E-state index contributed by atoms with van der Waals surface area (Å²) in [5.74, 6) is 1.84. The van der Waals surface area contributed by atoms with E-state index in [4.69, 9.17) is 0 Å². The first-order valence-electron chi connectivity index (χ1n) is 6.43. The maximum atomic E-state index is 4.47. The second-order valence-electron chi connectivity index (χ2n) is 5.63. The second-order valence-corrected chi connectivity index (χ2v) is 5.63. The van der Waals surface area contributed by atoms with Crippen molar-refractivity contribution in [2.24, 2.45) is 20.2 Å². The zero-order chi connectivity index (χ0) is 13.2. The van der Waals surface area contributed by atoms with Crippen LogP contribution in [0.2, 0.25) is 0 Å². The van der Waals surface area contributed by atoms with E-state index < -0.39 is 11.1 Å². The minimum atomic E-state index is -0.396. The number of amidine groups is 2. The van der Waals surface area contributed by atoms with Gasteiger partial charge in [-0.15, -0.1) is 0 Å². The molecule has 0 fully saturated rings. The molecule has 6 N–H and O–H groups in total. The van der Waals surface area contributed by atoms with Gasteiger partial charge in [0.1, 0.15) is 22.7 Å². The Balaban J connectivity index is 0.00000180. The number of hydrogen-bond acceptors (Lipinski definition) is 6. The quantitative estimate of drug-likeness (QED) is 0.664. The fourth-order valence-electron chi connectivity index (χ4n) is 1.96. The lowest BCUT2D eigenvalue weighted by Crippen LogP contribution is -2.41. The van der Waals surface area contributed by atoms with E-state index in [1.807, 2.05) is 27.7 Å². The Labute approximate surface area is 119 Å². The zero-order valence-corrected chi connectivity index (χ0v) is 12.6. The first-order chi connectivity index (χ1) is 8.42. The van der Waals surface area contributed by atoms with Gasteiger partial charge in [0, 0.05) is 13.1 Å². The van der Waals surface area contributed by atoms with Crippen LogP contribution in [0.1, 0.15) is 27.7 Å². The summed E-state index contributed by atoms with van der Waals surface area (Å²) in [4.78, 5) is 8.82. The van der Waals surface area contributed by atoms with Crippen molar-refractivity contribution >= 4 is 11.7 Å². The van der Waals surface area contributed by atoms with E-state index in [1.54, 1.807) is 0 Å². The van der Waals surface area contributed by atoms with Gasteiger partial charge < -0.3 is 21.6 Å². The third-order valence-corrected chi connectivity index (χ3v) is 3.06. The van der Waals surface area contributed by atoms with Crippen LogP contribution in [0.25, 0.3) is 0 Å². The van der Waals surface area contributed by atoms with Crippen LogP contribution >= 0.6 is 0 Å². The number of hydrogen-bond donors (Lipinski definition) is 2. The molecule has 116 valence electrons. The molecule has 8 nitrogen and oxygen atoms in total. The SMILES string of the molecule is CC(C)(N=NC(C)(C)C1=NCCN1)C1=NCCN1.O.O. The highest BCUT2D eigenvalue weighted by molar-refractivity contribution is 5.93. The van der Waals surface area contributed by atoms with Crippen molar-refractivity contribution in [3.8, 4) is 0 Å². The van der Waals surface area contributed by atoms with Gasteiger partial charge in [0.15, 0.2) is 0 Å². The normalized spacial score (nSPS) is 18.6. The van der Waals surface area contributed by atoms with Crippen LogP contribution in [-0.2, 0) is 0 Å². The highest BCUT2D eigenvalue weighted by atomic mass is 16.0. The van der Waals surface area contributed by atoms with Crippen LogP contribution < -0.4 is 10.6 Å². The van der Waals surface area contributed by atoms with Crippen LogP contribution in [0.5, 0.6) is 0 Å². The highest BCUT2D eigenvalue weighted by Crippen LogP contribution is 2.19. The van der Waals surface area contributed by atoms with Crippen molar-refractivity contribution in [3.05, 3.63) is 0 Å². The van der Waals surface area contributed by atoms with E-state index in [0.717, 1.165) is 37.9 Å². The van der Waals surface area contributed by atoms with Crippen molar-refractivity contribution in [2.45, 2.75) is 38.8 Å². The van der Waals surface area contributed by atoms with Crippen LogP contribution in [0, 0.1) is 0 Å². The standard InChI is InChI=1S/C12H22N6.2H2O/c1-11(2,9-13-5-6-14-9)17-18-12(3,4)10-15-7-8-16-10;;/h5-8H2,1-4H3,(H,13,14)(H,15,16);2*1H2. The van der Waals surface area contributed by atoms with E-state index in [9.17, 15) is 0 Å². The van der Waals surface area contributed by atoms with Gasteiger partial charge in [-0.3, -0.25) is 9.98 Å². The zero-order valence-electron chi connectivity index (χ0n) is 12.6. The van der Waals surface area contributed by atoms with Crippen molar-refractivity contribution in [3.63, 3.8) is 0 Å². The third-order valence-electron chi connectivity index (χ3n) is 3.06. The predicted octanol–water partition coefficient (Wildman–Crippen LogP) is -0.650. The van der Waals surface area contributed by atoms with Gasteiger partial charge in [0.2, 0.25) is 0 Å². The Kier molecular flexibility index (Phi) is 6.24. The Morgan fingerprint density at radius 1 is 0.800 bits per heavy atom. The molecule has 0 aliphatic carbocycles. The van der Waals surface area contributed by atoms with Gasteiger partial charge >= 0.3 is 0 Å². The third kappa shape index (κ3) is 3.97. The minimum Gasteiger partial charge on any atom is -0.412 e. The van der Waals surface area contributed by atoms with Gasteiger partial charge in [-0.1, -0.05) is 0 Å². The fraction of sp³-hybridized carbons (Fsp3) is 0.833. The number of nitrogens with zero attached hydrogens (tertiary/aromatic N) is 4. The molecule has 0 radical (unpaired) electrons. The van der Waals surface area contributed by atoms with E-state index in [2.05, 4.69) is 30.8 Å². The molecule has 0 aromatic rings. The minimum absolute atomic E-state index is 0. The summed E-state index contributed by atoms with van der Waals surface area (Å²) in [6, 6.07) is 0. The Morgan fingerprint density at radius 2 is 1.15 bits per heavy atom. The summed E-state index contributed by atoms with van der Waals surface area (Å²) in [7, 11) is 0. The molecule has 0 atom stereocenters. The molecule has 0 saturated carbocycles. The molecule has 0 aromatic carbocycles. The molecule has 0 amide bonds. The van der Waals surface area contributed by atoms with Crippen LogP contribution in [0.4, 0.5) is 0 Å². The molecule has 8 heteroatoms. The first kappa shape index (κ1) is 18.5. The number of rotatable bonds is 4. The van der Waals surface area contributed by atoms with Crippen LogP contribution in [-0.4, -0.2) is 59.9 Å². The molecule has 2 aliphatic heterocycles. The Hall–Kier alpha value is -1.54. The summed E-state index contributed by atoms with van der Waals surface area (Å²) in [6.45, 7) is 11.5. The summed E-state index contributed by atoms with van der Waals surface area (Å²) < 4.78 is 0. The van der Waals surface area contributed by atoms with Gasteiger partial charge in [-0.2, -0.15) is 10.2 Å². The second kappa shape index (κ2) is 6.76. The molecule has 2 heterocycles. The lowest BCUT2D eigenvalue weighted by molar-refractivity contribution is 0.552. The lowest BCUT2D eigenvalue weighted by Gasteiger charge is -2.23. The molecule has 2 aliphatic rings. The van der Waals surface area contributed by atoms with Crippen LogP contribution in [0.15, 0.2) is 20.2 Å². The van der Waals surface area contributed by atoms with E-state index in [0.29, 0.717) is 0 Å². The Bertz CT molecular complexity index is 376. The van der Waals surface area contributed by atoms with E-state index in [-0.39, 0.29) is 11.0 Å². The van der Waals surface area contributed by atoms with Gasteiger partial charge in [0.05, 0.1) is 13.1 Å². The van der Waals surface area contributed by atoms with Crippen LogP contribution in [0.3, 0.4) is 0 Å². The molecule has 20 heavy (non-hydrogen) atoms. The van der Waals surface area contributed by atoms with Crippen molar-refractivity contribution in [2.75, 3.05) is 26.2 Å². The molecule has 0 saturated heterocycles. The molecule has 0 aromatic heterocycles. The average Bonchev–Trinajstić information content (AvgIpc) is 2.99. The maximum absolute atomic E-state index is 4.47. The summed E-state index contributed by atoms with van der Waals surface area (Å²) in [5, 5.41) is 15.4. The molecule has 0 bridgehead atoms. The van der Waals surface area contributed by atoms with Gasteiger partial charge in [-0.25, -0.2) is 0 Å². The molecular weight excluding hydrogens is 260 g/mol. The predicted molar refractivity (Wildman–Crippen MR) is 80.9 cm³/mol. The largest absolute Gasteiger partial charge is 0.412 e. The number of azo groups is 1. The van der Waals surface area contributed by atoms with Crippen molar-refractivity contribution < 1.29 is 11.0 Å². The monoisotopic (exact) mass is 286 g/mol. The van der Waals surface area contributed by atoms with Gasteiger partial charge in [0.25, 0.3) is 0 Å².